The molecular weight excluding hydrogens is 419 g/mol. The van der Waals surface area contributed by atoms with E-state index in [4.69, 9.17) is 15.2 Å². The predicted molar refractivity (Wildman–Crippen MR) is 110 cm³/mol. The van der Waals surface area contributed by atoms with Crippen LogP contribution in [0.25, 0.3) is 0 Å². The Hall–Kier alpha value is -1.38. The van der Waals surface area contributed by atoms with Gasteiger partial charge in [0.1, 0.15) is 11.5 Å². The van der Waals surface area contributed by atoms with Crippen LogP contribution in [0.15, 0.2) is 23.2 Å². The van der Waals surface area contributed by atoms with Gasteiger partial charge in [-0.2, -0.15) is 0 Å². The maximum atomic E-state index is 5.87. The summed E-state index contributed by atoms with van der Waals surface area (Å²) in [6.45, 7) is 6.83. The second-order valence-electron chi connectivity index (χ2n) is 6.20. The summed E-state index contributed by atoms with van der Waals surface area (Å²) in [5.41, 5.74) is 6.99. The summed E-state index contributed by atoms with van der Waals surface area (Å²) in [4.78, 5) is 6.79. The topological polar surface area (TPSA) is 72.1 Å². The Kier molecular flexibility index (Phi) is 8.44. The van der Waals surface area contributed by atoms with Crippen LogP contribution in [0.2, 0.25) is 0 Å². The van der Waals surface area contributed by atoms with Gasteiger partial charge in [0.2, 0.25) is 0 Å². The highest BCUT2D eigenvalue weighted by Gasteiger charge is 2.23. The molecule has 0 spiro atoms. The van der Waals surface area contributed by atoms with Gasteiger partial charge >= 0.3 is 0 Å². The Morgan fingerprint density at radius 2 is 1.92 bits per heavy atom. The van der Waals surface area contributed by atoms with Crippen LogP contribution >= 0.6 is 24.0 Å². The van der Waals surface area contributed by atoms with Gasteiger partial charge in [-0.1, -0.05) is 0 Å². The summed E-state index contributed by atoms with van der Waals surface area (Å²) < 4.78 is 10.7. The number of rotatable bonds is 6. The Bertz CT molecular complexity index is 529. The number of benzene rings is 1. The summed E-state index contributed by atoms with van der Waals surface area (Å²) in [5, 5.41) is 3.12. The van der Waals surface area contributed by atoms with Gasteiger partial charge in [0.15, 0.2) is 5.96 Å². The van der Waals surface area contributed by atoms with Crippen LogP contribution in [-0.2, 0) is 0 Å². The summed E-state index contributed by atoms with van der Waals surface area (Å²) in [6, 6.07) is 6.29. The van der Waals surface area contributed by atoms with Crippen molar-refractivity contribution in [3.63, 3.8) is 0 Å². The van der Waals surface area contributed by atoms with Gasteiger partial charge in [-0.3, -0.25) is 4.99 Å². The second-order valence-corrected chi connectivity index (χ2v) is 6.20. The fourth-order valence-electron chi connectivity index (χ4n) is 2.76. The standard InChI is InChI=1S/C17H28N4O2.HI/c1-12(2)20-17(18)19-10-13-5-6-21(11-13)14-7-15(22-3)9-16(8-14)23-4;/h7-9,12-13H,5-6,10-11H2,1-4H3,(H3,18,19,20);1H. The van der Waals surface area contributed by atoms with E-state index in [0.717, 1.165) is 43.2 Å². The molecule has 3 N–H and O–H groups in total. The lowest BCUT2D eigenvalue weighted by Crippen LogP contribution is -2.37. The Labute approximate surface area is 161 Å². The monoisotopic (exact) mass is 448 g/mol. The van der Waals surface area contributed by atoms with Gasteiger partial charge < -0.3 is 25.4 Å². The number of halogens is 1. The Balaban J connectivity index is 0.00000288. The van der Waals surface area contributed by atoms with Gasteiger partial charge in [-0.15, -0.1) is 24.0 Å². The number of guanidine groups is 1. The fraction of sp³-hybridized carbons (Fsp3) is 0.588. The van der Waals surface area contributed by atoms with Gasteiger partial charge in [-0.05, 0) is 26.2 Å². The van der Waals surface area contributed by atoms with Crippen LogP contribution < -0.4 is 25.4 Å². The molecular formula is C17H29IN4O2. The van der Waals surface area contributed by atoms with E-state index in [-0.39, 0.29) is 24.0 Å². The highest BCUT2D eigenvalue weighted by molar-refractivity contribution is 14.0. The molecule has 0 aromatic heterocycles. The highest BCUT2D eigenvalue weighted by Crippen LogP contribution is 2.31. The number of hydrogen-bond acceptors (Lipinski definition) is 4. The molecule has 0 bridgehead atoms. The van der Waals surface area contributed by atoms with E-state index in [1.165, 1.54) is 0 Å². The number of methoxy groups -OCH3 is 2. The lowest BCUT2D eigenvalue weighted by molar-refractivity contribution is 0.394. The van der Waals surface area contributed by atoms with E-state index in [1.54, 1.807) is 14.2 Å². The van der Waals surface area contributed by atoms with Gasteiger partial charge in [-0.25, -0.2) is 0 Å². The van der Waals surface area contributed by atoms with Crippen molar-refractivity contribution in [1.29, 1.82) is 0 Å². The third-order valence-electron chi connectivity index (χ3n) is 3.94. The van der Waals surface area contributed by atoms with E-state index >= 15 is 0 Å². The molecule has 1 aliphatic heterocycles. The first kappa shape index (κ1) is 20.7. The van der Waals surface area contributed by atoms with Crippen LogP contribution in [0.1, 0.15) is 20.3 Å². The number of aliphatic imine (C=N–C) groups is 1. The lowest BCUT2D eigenvalue weighted by atomic mass is 10.1. The number of anilines is 1. The molecule has 1 saturated heterocycles. The summed E-state index contributed by atoms with van der Waals surface area (Å²) in [6.07, 6.45) is 1.11. The predicted octanol–water partition coefficient (Wildman–Crippen LogP) is 2.46. The number of nitrogens with one attached hydrogen (secondary N) is 1. The summed E-state index contributed by atoms with van der Waals surface area (Å²) in [5.74, 6) is 2.67. The first-order valence-corrected chi connectivity index (χ1v) is 8.06. The summed E-state index contributed by atoms with van der Waals surface area (Å²) in [7, 11) is 3.34. The molecule has 0 radical (unpaired) electrons. The highest BCUT2D eigenvalue weighted by atomic mass is 127. The molecule has 1 aromatic rings. The van der Waals surface area contributed by atoms with Crippen LogP contribution in [0.4, 0.5) is 5.69 Å². The van der Waals surface area contributed by atoms with Crippen molar-refractivity contribution in [2.24, 2.45) is 16.6 Å². The quantitative estimate of drug-likeness (QED) is 0.398. The molecule has 7 heteroatoms. The number of nitrogens with zero attached hydrogens (tertiary/aromatic N) is 2. The van der Waals surface area contributed by atoms with E-state index in [9.17, 15) is 0 Å². The average Bonchev–Trinajstić information content (AvgIpc) is 3.00. The average molecular weight is 448 g/mol. The third-order valence-corrected chi connectivity index (χ3v) is 3.94. The molecule has 6 nitrogen and oxygen atoms in total. The zero-order chi connectivity index (χ0) is 16.8. The van der Waals surface area contributed by atoms with E-state index in [2.05, 4.69) is 29.1 Å². The number of hydrogen-bond donors (Lipinski definition) is 2. The zero-order valence-corrected chi connectivity index (χ0v) is 17.2. The Morgan fingerprint density at radius 3 is 2.46 bits per heavy atom. The number of nitrogens with two attached hydrogens (primary N) is 1. The maximum Gasteiger partial charge on any atom is 0.188 e. The van der Waals surface area contributed by atoms with E-state index < -0.39 is 0 Å². The first-order chi connectivity index (χ1) is 11.0. The van der Waals surface area contributed by atoms with Gasteiger partial charge in [0.25, 0.3) is 0 Å². The minimum absolute atomic E-state index is 0. The molecule has 24 heavy (non-hydrogen) atoms. The van der Waals surface area contributed by atoms with Gasteiger partial charge in [0, 0.05) is 49.6 Å². The molecule has 2 rings (SSSR count). The minimum Gasteiger partial charge on any atom is -0.497 e. The molecule has 1 fully saturated rings. The fourth-order valence-corrected chi connectivity index (χ4v) is 2.76. The smallest absolute Gasteiger partial charge is 0.188 e. The normalized spacial score (nSPS) is 17.6. The van der Waals surface area contributed by atoms with Crippen LogP contribution in [0.5, 0.6) is 11.5 Å². The molecule has 0 amide bonds. The molecule has 1 aromatic carbocycles. The van der Waals surface area contributed by atoms with Crippen molar-refractivity contribution in [3.05, 3.63) is 18.2 Å². The van der Waals surface area contributed by atoms with Gasteiger partial charge in [0.05, 0.1) is 14.2 Å². The Morgan fingerprint density at radius 1 is 1.29 bits per heavy atom. The molecule has 136 valence electrons. The lowest BCUT2D eigenvalue weighted by Gasteiger charge is -2.20. The maximum absolute atomic E-state index is 5.87. The van der Waals surface area contributed by atoms with Crippen molar-refractivity contribution in [2.45, 2.75) is 26.3 Å². The van der Waals surface area contributed by atoms with E-state index in [1.807, 2.05) is 18.2 Å². The minimum atomic E-state index is 0. The summed E-state index contributed by atoms with van der Waals surface area (Å²) >= 11 is 0. The first-order valence-electron chi connectivity index (χ1n) is 8.06. The third kappa shape index (κ3) is 5.92. The molecule has 0 aliphatic carbocycles. The van der Waals surface area contributed by atoms with Crippen molar-refractivity contribution in [1.82, 2.24) is 5.32 Å². The van der Waals surface area contributed by atoms with Crippen LogP contribution in [0, 0.1) is 5.92 Å². The number of ether oxygens (including phenoxy) is 2. The molecule has 0 saturated carbocycles. The molecule has 1 heterocycles. The largest absolute Gasteiger partial charge is 0.497 e. The zero-order valence-electron chi connectivity index (χ0n) is 14.9. The second kappa shape index (κ2) is 9.80. The van der Waals surface area contributed by atoms with E-state index in [0.29, 0.717) is 17.9 Å². The van der Waals surface area contributed by atoms with Crippen LogP contribution in [0.3, 0.4) is 0 Å². The van der Waals surface area contributed by atoms with Crippen LogP contribution in [-0.4, -0.2) is 45.9 Å². The van der Waals surface area contributed by atoms with Crippen molar-refractivity contribution in [2.75, 3.05) is 38.8 Å². The van der Waals surface area contributed by atoms with Crippen molar-refractivity contribution >= 4 is 35.6 Å². The molecule has 1 unspecified atom stereocenters. The SMILES string of the molecule is COc1cc(OC)cc(N2CCC(CN=C(N)NC(C)C)C2)c1.I. The molecule has 1 aliphatic rings. The van der Waals surface area contributed by atoms with Crippen molar-refractivity contribution < 1.29 is 9.47 Å². The molecule has 1 atom stereocenters. The van der Waals surface area contributed by atoms with Crippen molar-refractivity contribution in [3.8, 4) is 11.5 Å².